The first-order valence-corrected chi connectivity index (χ1v) is 17.0. The van der Waals surface area contributed by atoms with Crippen molar-refractivity contribution in [3.8, 4) is 11.1 Å². The maximum absolute atomic E-state index is 13.4. The molecule has 0 fully saturated rings. The molecule has 0 spiro atoms. The summed E-state index contributed by atoms with van der Waals surface area (Å²) in [6, 6.07) is 12.7. The molecule has 0 saturated heterocycles. The number of carboxylic acid groups (broad SMARTS) is 3. The number of carbonyl (C=O) groups excluding carboxylic acids is 2. The number of rotatable bonds is 24. The van der Waals surface area contributed by atoms with Gasteiger partial charge in [0.1, 0.15) is 11.8 Å². The van der Waals surface area contributed by atoms with Crippen molar-refractivity contribution in [3.05, 3.63) is 71.3 Å². The van der Waals surface area contributed by atoms with Crippen LogP contribution in [0.25, 0.3) is 11.1 Å². The van der Waals surface area contributed by atoms with Gasteiger partial charge in [0.2, 0.25) is 5.91 Å². The average Bonchev–Trinajstić information content (AvgIpc) is 3.03. The molecule has 10 nitrogen and oxygen atoms in total. The smallest absolute Gasteiger partial charge is 0.337 e. The zero-order chi connectivity index (χ0) is 35.5. The van der Waals surface area contributed by atoms with Crippen LogP contribution in [0.2, 0.25) is 5.02 Å². The van der Waals surface area contributed by atoms with Gasteiger partial charge in [0.25, 0.3) is 0 Å². The highest BCUT2D eigenvalue weighted by Gasteiger charge is 2.49. The number of allylic oxidation sites excluding steroid dienone is 1. The monoisotopic (exact) mass is 685 g/mol. The number of ketones is 1. The molecule has 0 unspecified atom stereocenters. The molecule has 2 aromatic carbocycles. The Bertz CT molecular complexity index is 1370. The van der Waals surface area contributed by atoms with Crippen molar-refractivity contribution in [2.24, 2.45) is 5.92 Å². The van der Waals surface area contributed by atoms with E-state index in [4.69, 9.17) is 11.6 Å². The van der Waals surface area contributed by atoms with E-state index in [0.717, 1.165) is 62.1 Å². The first-order chi connectivity index (χ1) is 22.9. The third-order valence-electron chi connectivity index (χ3n) is 8.24. The molecule has 0 bridgehead atoms. The van der Waals surface area contributed by atoms with Crippen LogP contribution in [0.5, 0.6) is 0 Å². The summed E-state index contributed by atoms with van der Waals surface area (Å²) in [5, 5.41) is 42.8. The lowest BCUT2D eigenvalue weighted by molar-refractivity contribution is -0.172. The normalized spacial score (nSPS) is 13.8. The number of unbranched alkanes of at least 4 members (excludes halogenated alkanes) is 8. The van der Waals surface area contributed by atoms with Crippen molar-refractivity contribution in [2.45, 2.75) is 108 Å². The SMILES string of the molecule is CCCCCCCC(=O)CCCCCCC=C[C@H](C(=O)N[C@@H](Cc1ccc(-c2ccc(Cl)cc2)cc1)C(=O)O)[C@@](O)(CC(=O)O)C(=O)O. The van der Waals surface area contributed by atoms with Crippen LogP contribution in [0.15, 0.2) is 60.7 Å². The van der Waals surface area contributed by atoms with E-state index in [9.17, 15) is 44.4 Å². The molecule has 0 heterocycles. The van der Waals surface area contributed by atoms with Crippen molar-refractivity contribution >= 4 is 41.2 Å². The molecular formula is C37H48ClNO9. The molecular weight excluding hydrogens is 638 g/mol. The van der Waals surface area contributed by atoms with Gasteiger partial charge in [-0.1, -0.05) is 106 Å². The number of hydrogen-bond donors (Lipinski definition) is 5. The lowest BCUT2D eigenvalue weighted by atomic mass is 9.82. The zero-order valence-corrected chi connectivity index (χ0v) is 28.3. The minimum atomic E-state index is -3.02. The van der Waals surface area contributed by atoms with Crippen molar-refractivity contribution in [3.63, 3.8) is 0 Å². The van der Waals surface area contributed by atoms with E-state index >= 15 is 0 Å². The Morgan fingerprint density at radius 2 is 1.33 bits per heavy atom. The first kappa shape index (κ1) is 40.2. The van der Waals surface area contributed by atoms with Gasteiger partial charge in [-0.15, -0.1) is 0 Å². The van der Waals surface area contributed by atoms with E-state index < -0.39 is 47.8 Å². The molecule has 1 amide bonds. The first-order valence-electron chi connectivity index (χ1n) is 16.6. The number of halogens is 1. The predicted octanol–water partition coefficient (Wildman–Crippen LogP) is 6.85. The van der Waals surface area contributed by atoms with Crippen LogP contribution < -0.4 is 5.32 Å². The number of hydrogen-bond acceptors (Lipinski definition) is 6. The molecule has 2 aromatic rings. The van der Waals surface area contributed by atoms with E-state index in [1.165, 1.54) is 12.5 Å². The van der Waals surface area contributed by atoms with E-state index in [0.29, 0.717) is 36.3 Å². The van der Waals surface area contributed by atoms with E-state index in [1.54, 1.807) is 36.4 Å². The predicted molar refractivity (Wildman–Crippen MR) is 184 cm³/mol. The fraction of sp³-hybridized carbons (Fsp3) is 0.486. The molecule has 0 aliphatic rings. The molecule has 0 radical (unpaired) electrons. The summed E-state index contributed by atoms with van der Waals surface area (Å²) in [7, 11) is 0. The second kappa shape index (κ2) is 21.1. The van der Waals surface area contributed by atoms with Crippen LogP contribution >= 0.6 is 11.6 Å². The molecule has 5 N–H and O–H groups in total. The second-order valence-electron chi connectivity index (χ2n) is 12.2. The average molecular weight is 686 g/mol. The van der Waals surface area contributed by atoms with Gasteiger partial charge in [-0.05, 0) is 54.5 Å². The van der Waals surface area contributed by atoms with Crippen LogP contribution in [-0.2, 0) is 30.4 Å². The van der Waals surface area contributed by atoms with Gasteiger partial charge >= 0.3 is 17.9 Å². The lowest BCUT2D eigenvalue weighted by Gasteiger charge is -2.29. The molecule has 3 atom stereocenters. The van der Waals surface area contributed by atoms with Crippen LogP contribution in [0.1, 0.15) is 96.0 Å². The summed E-state index contributed by atoms with van der Waals surface area (Å²) in [6.07, 6.45) is 11.3. The molecule has 0 aliphatic heterocycles. The minimum Gasteiger partial charge on any atom is -0.481 e. The highest BCUT2D eigenvalue weighted by molar-refractivity contribution is 6.30. The number of aliphatic carboxylic acids is 3. The van der Waals surface area contributed by atoms with Crippen molar-refractivity contribution < 1.29 is 44.4 Å². The number of aliphatic hydroxyl groups is 1. The summed E-state index contributed by atoms with van der Waals surface area (Å²) in [5.41, 5.74) is -0.695. The third kappa shape index (κ3) is 14.0. The highest BCUT2D eigenvalue weighted by atomic mass is 35.5. The summed E-state index contributed by atoms with van der Waals surface area (Å²) in [4.78, 5) is 61.1. The van der Waals surface area contributed by atoms with Crippen molar-refractivity contribution in [1.29, 1.82) is 0 Å². The van der Waals surface area contributed by atoms with Gasteiger partial charge < -0.3 is 25.7 Å². The van der Waals surface area contributed by atoms with Crippen LogP contribution in [0.4, 0.5) is 0 Å². The summed E-state index contributed by atoms with van der Waals surface area (Å²) in [6.45, 7) is 2.15. The van der Waals surface area contributed by atoms with Gasteiger partial charge in [0.15, 0.2) is 5.60 Å². The fourth-order valence-corrected chi connectivity index (χ4v) is 5.53. The number of carbonyl (C=O) groups is 5. The number of amides is 1. The van der Waals surface area contributed by atoms with E-state index in [1.807, 2.05) is 12.1 Å². The van der Waals surface area contributed by atoms with Crippen molar-refractivity contribution in [2.75, 3.05) is 0 Å². The van der Waals surface area contributed by atoms with Crippen LogP contribution in [0.3, 0.4) is 0 Å². The molecule has 0 aliphatic carbocycles. The minimum absolute atomic E-state index is 0.149. The fourth-order valence-electron chi connectivity index (χ4n) is 5.41. The topological polar surface area (TPSA) is 178 Å². The van der Waals surface area contributed by atoms with Gasteiger partial charge in [-0.3, -0.25) is 14.4 Å². The Morgan fingerprint density at radius 3 is 1.85 bits per heavy atom. The maximum atomic E-state index is 13.4. The lowest BCUT2D eigenvalue weighted by Crippen LogP contribution is -2.55. The zero-order valence-electron chi connectivity index (χ0n) is 27.5. The van der Waals surface area contributed by atoms with Crippen LogP contribution in [0, 0.1) is 5.92 Å². The Kier molecular flexibility index (Phi) is 17.6. The molecule has 11 heteroatoms. The van der Waals surface area contributed by atoms with E-state index in [-0.39, 0.29) is 12.2 Å². The molecule has 262 valence electrons. The van der Waals surface area contributed by atoms with Crippen molar-refractivity contribution in [1.82, 2.24) is 5.32 Å². The summed E-state index contributed by atoms with van der Waals surface area (Å²) < 4.78 is 0. The highest BCUT2D eigenvalue weighted by Crippen LogP contribution is 2.26. The molecule has 2 rings (SSSR count). The van der Waals surface area contributed by atoms with Gasteiger partial charge in [0, 0.05) is 24.3 Å². The number of carboxylic acids is 3. The number of benzene rings is 2. The van der Waals surface area contributed by atoms with Gasteiger partial charge in [-0.2, -0.15) is 0 Å². The third-order valence-corrected chi connectivity index (χ3v) is 8.49. The Labute approximate surface area is 287 Å². The number of nitrogens with one attached hydrogen (secondary N) is 1. The summed E-state index contributed by atoms with van der Waals surface area (Å²) >= 11 is 5.95. The van der Waals surface area contributed by atoms with Crippen LogP contribution in [-0.4, -0.2) is 61.7 Å². The maximum Gasteiger partial charge on any atom is 0.337 e. The molecule has 0 saturated carbocycles. The van der Waals surface area contributed by atoms with Gasteiger partial charge in [0.05, 0.1) is 12.3 Å². The summed E-state index contributed by atoms with van der Waals surface area (Å²) in [5.74, 6) is -7.70. The quantitative estimate of drug-likeness (QED) is 0.0584. The number of Topliss-reactive ketones (excluding diaryl/α,β-unsaturated/α-hetero) is 1. The van der Waals surface area contributed by atoms with E-state index in [2.05, 4.69) is 12.2 Å². The molecule has 0 aromatic heterocycles. The largest absolute Gasteiger partial charge is 0.481 e. The molecule has 48 heavy (non-hydrogen) atoms. The second-order valence-corrected chi connectivity index (χ2v) is 12.6. The van der Waals surface area contributed by atoms with Gasteiger partial charge in [-0.25, -0.2) is 9.59 Å². The Balaban J connectivity index is 2.02. The Hall–Kier alpha value is -4.02. The Morgan fingerprint density at radius 1 is 0.792 bits per heavy atom. The standard InChI is InChI=1S/C37H48ClNO9/c1-2-3-4-7-10-13-30(40)14-11-8-5-6-9-12-15-31(37(48,36(46)47)25-33(41)42)34(43)39-32(35(44)45)24-26-16-18-27(19-17-26)28-20-22-29(38)23-21-28/h12,15-23,31-32,48H,2-11,13-14,24-25H2,1H3,(H,39,43)(H,41,42)(H,44,45)(H,46,47)/t31-,32+,37+/m1/s1.